The van der Waals surface area contributed by atoms with Gasteiger partial charge in [-0.1, -0.05) is 18.2 Å². The highest BCUT2D eigenvalue weighted by molar-refractivity contribution is 7.20. The van der Waals surface area contributed by atoms with Crippen molar-refractivity contribution >= 4 is 33.8 Å². The fraction of sp³-hybridized carbons (Fsp3) is 0.133. The van der Waals surface area contributed by atoms with E-state index in [4.69, 9.17) is 5.73 Å². The normalized spacial score (nSPS) is 11.0. The minimum absolute atomic E-state index is 0.0692. The molecule has 0 fully saturated rings. The van der Waals surface area contributed by atoms with Gasteiger partial charge in [-0.2, -0.15) is 13.2 Å². The largest absolute Gasteiger partial charge is 0.417 e. The Morgan fingerprint density at radius 3 is 2.46 bits per heavy atom. The molecule has 5 nitrogen and oxygen atoms in total. The molecule has 2 heterocycles. The maximum absolute atomic E-state index is 13.2. The van der Waals surface area contributed by atoms with Crippen molar-refractivity contribution in [2.45, 2.75) is 6.18 Å². The Morgan fingerprint density at radius 2 is 1.83 bits per heavy atom. The van der Waals surface area contributed by atoms with E-state index >= 15 is 0 Å². The van der Waals surface area contributed by atoms with Gasteiger partial charge in [0.1, 0.15) is 4.83 Å². The molecule has 0 atom stereocenters. The maximum Gasteiger partial charge on any atom is 0.417 e. The first-order chi connectivity index (χ1) is 11.4. The second kappa shape index (κ2) is 6.93. The summed E-state index contributed by atoms with van der Waals surface area (Å²) >= 11 is 1.05. The predicted molar refractivity (Wildman–Crippen MR) is 87.8 cm³/mol. The number of nitrogens with two attached hydrogens (primary N) is 2. The van der Waals surface area contributed by atoms with Crippen LogP contribution in [0.3, 0.4) is 0 Å². The van der Waals surface area contributed by atoms with Gasteiger partial charge in [-0.3, -0.25) is 4.79 Å². The zero-order chi connectivity index (χ0) is 17.9. The molecule has 0 radical (unpaired) electrons. The molecule has 126 valence electrons. The SMILES string of the molecule is CN.Nc1nc(-c2ccccc2C(F)(F)F)c2cc(C=O)sc2n1. The number of aldehydes is 1. The number of hydrogen-bond acceptors (Lipinski definition) is 6. The molecule has 3 rings (SSSR count). The van der Waals surface area contributed by atoms with Gasteiger partial charge in [0.15, 0.2) is 6.29 Å². The van der Waals surface area contributed by atoms with Gasteiger partial charge >= 0.3 is 6.18 Å². The van der Waals surface area contributed by atoms with E-state index in [1.54, 1.807) is 0 Å². The van der Waals surface area contributed by atoms with Crippen molar-refractivity contribution < 1.29 is 18.0 Å². The molecule has 0 saturated carbocycles. The summed E-state index contributed by atoms with van der Waals surface area (Å²) in [7, 11) is 1.50. The predicted octanol–water partition coefficient (Wildman–Crippen LogP) is 3.35. The number of alkyl halides is 3. The van der Waals surface area contributed by atoms with E-state index in [0.29, 0.717) is 21.4 Å². The third-order valence-corrected chi connectivity index (χ3v) is 3.99. The van der Waals surface area contributed by atoms with Crippen LogP contribution < -0.4 is 11.5 Å². The lowest BCUT2D eigenvalue weighted by Gasteiger charge is -2.13. The van der Waals surface area contributed by atoms with E-state index in [0.717, 1.165) is 17.4 Å². The van der Waals surface area contributed by atoms with Gasteiger partial charge in [-0.05, 0) is 19.2 Å². The molecule has 4 N–H and O–H groups in total. The summed E-state index contributed by atoms with van der Waals surface area (Å²) in [6.45, 7) is 0. The van der Waals surface area contributed by atoms with Crippen molar-refractivity contribution in [3.05, 3.63) is 40.8 Å². The third kappa shape index (κ3) is 3.36. The van der Waals surface area contributed by atoms with E-state index in [1.165, 1.54) is 31.3 Å². The van der Waals surface area contributed by atoms with E-state index < -0.39 is 11.7 Å². The quantitative estimate of drug-likeness (QED) is 0.688. The van der Waals surface area contributed by atoms with Gasteiger partial charge in [-0.25, -0.2) is 9.97 Å². The van der Waals surface area contributed by atoms with Crippen molar-refractivity contribution in [1.82, 2.24) is 9.97 Å². The molecular formula is C15H13F3N4OS. The Bertz CT molecular complexity index is 877. The van der Waals surface area contributed by atoms with Gasteiger partial charge in [-0.15, -0.1) is 11.3 Å². The molecule has 0 aliphatic rings. The van der Waals surface area contributed by atoms with Crippen LogP contribution in [0.25, 0.3) is 21.5 Å². The first kappa shape index (κ1) is 17.8. The summed E-state index contributed by atoms with van der Waals surface area (Å²) in [5.74, 6) is -0.140. The van der Waals surface area contributed by atoms with Crippen molar-refractivity contribution in [1.29, 1.82) is 0 Å². The van der Waals surface area contributed by atoms with Crippen molar-refractivity contribution in [2.75, 3.05) is 12.8 Å². The molecular weight excluding hydrogens is 341 g/mol. The number of carbonyl (C=O) groups excluding carboxylic acids is 1. The molecule has 0 aliphatic carbocycles. The highest BCUT2D eigenvalue weighted by Gasteiger charge is 2.34. The summed E-state index contributed by atoms with van der Waals surface area (Å²) < 4.78 is 39.5. The molecule has 0 amide bonds. The van der Waals surface area contributed by atoms with E-state index in [2.05, 4.69) is 15.7 Å². The van der Waals surface area contributed by atoms with E-state index in [9.17, 15) is 18.0 Å². The first-order valence-corrected chi connectivity index (χ1v) is 7.48. The molecule has 0 spiro atoms. The minimum Gasteiger partial charge on any atom is -0.368 e. The number of benzene rings is 1. The summed E-state index contributed by atoms with van der Waals surface area (Å²) in [6.07, 6.45) is -3.91. The monoisotopic (exact) mass is 354 g/mol. The summed E-state index contributed by atoms with van der Waals surface area (Å²) in [4.78, 5) is 19.5. The Morgan fingerprint density at radius 1 is 1.17 bits per heavy atom. The average Bonchev–Trinajstić information content (AvgIpc) is 2.98. The highest BCUT2D eigenvalue weighted by Crippen LogP contribution is 2.39. The number of rotatable bonds is 2. The molecule has 0 bridgehead atoms. The number of halogens is 3. The number of fused-ring (bicyclic) bond motifs is 1. The number of aromatic nitrogens is 2. The second-order valence-electron chi connectivity index (χ2n) is 4.46. The Kier molecular flexibility index (Phi) is 5.15. The van der Waals surface area contributed by atoms with Crippen LogP contribution in [0.15, 0.2) is 30.3 Å². The Balaban J connectivity index is 0.00000100. The molecule has 9 heteroatoms. The lowest BCUT2D eigenvalue weighted by Crippen LogP contribution is -2.08. The maximum atomic E-state index is 13.2. The van der Waals surface area contributed by atoms with Gasteiger partial charge in [0.2, 0.25) is 5.95 Å². The zero-order valence-electron chi connectivity index (χ0n) is 12.5. The third-order valence-electron chi connectivity index (χ3n) is 3.03. The smallest absolute Gasteiger partial charge is 0.368 e. The Hall–Kier alpha value is -2.52. The van der Waals surface area contributed by atoms with Crippen LogP contribution in [0.2, 0.25) is 0 Å². The zero-order valence-corrected chi connectivity index (χ0v) is 13.3. The van der Waals surface area contributed by atoms with Gasteiger partial charge in [0.25, 0.3) is 0 Å². The molecule has 2 aromatic heterocycles. The van der Waals surface area contributed by atoms with Crippen LogP contribution in [0.5, 0.6) is 0 Å². The van der Waals surface area contributed by atoms with Crippen molar-refractivity contribution in [3.63, 3.8) is 0 Å². The number of carbonyl (C=O) groups is 1. The van der Waals surface area contributed by atoms with Crippen LogP contribution in [0, 0.1) is 0 Å². The van der Waals surface area contributed by atoms with Gasteiger partial charge in [0.05, 0.1) is 16.1 Å². The minimum atomic E-state index is -4.52. The molecule has 0 saturated heterocycles. The highest BCUT2D eigenvalue weighted by atomic mass is 32.1. The van der Waals surface area contributed by atoms with Crippen LogP contribution in [0.4, 0.5) is 19.1 Å². The van der Waals surface area contributed by atoms with Gasteiger partial charge < -0.3 is 11.5 Å². The fourth-order valence-electron chi connectivity index (χ4n) is 2.16. The number of nitrogen functional groups attached to an aromatic ring is 1. The van der Waals surface area contributed by atoms with Crippen molar-refractivity contribution in [3.8, 4) is 11.3 Å². The second-order valence-corrected chi connectivity index (χ2v) is 5.52. The van der Waals surface area contributed by atoms with E-state index in [1.807, 2.05) is 0 Å². The number of thiophene rings is 1. The lowest BCUT2D eigenvalue weighted by molar-refractivity contribution is -0.137. The van der Waals surface area contributed by atoms with Crippen molar-refractivity contribution in [2.24, 2.45) is 5.73 Å². The number of anilines is 1. The molecule has 3 aromatic rings. The van der Waals surface area contributed by atoms with Gasteiger partial charge in [0, 0.05) is 10.9 Å². The topological polar surface area (TPSA) is 94.9 Å². The van der Waals surface area contributed by atoms with Crippen LogP contribution in [-0.2, 0) is 6.18 Å². The standard InChI is InChI=1S/C14H8F3N3OS.CH5N/c15-14(16,17)10-4-2-1-3-8(10)11-9-5-7(6-21)22-12(9)20-13(18)19-11;1-2/h1-6H,(H2,18,19,20);2H2,1H3. The van der Waals surface area contributed by atoms with Crippen LogP contribution >= 0.6 is 11.3 Å². The summed E-state index contributed by atoms with van der Waals surface area (Å²) in [5, 5.41) is 0.373. The summed E-state index contributed by atoms with van der Waals surface area (Å²) in [6, 6.07) is 6.56. The molecule has 0 unspecified atom stereocenters. The van der Waals surface area contributed by atoms with E-state index in [-0.39, 0.29) is 17.2 Å². The number of hydrogen-bond donors (Lipinski definition) is 2. The molecule has 1 aromatic carbocycles. The molecule has 24 heavy (non-hydrogen) atoms. The van der Waals surface area contributed by atoms with Crippen LogP contribution in [0.1, 0.15) is 15.2 Å². The fourth-order valence-corrected chi connectivity index (χ4v) is 3.01. The lowest BCUT2D eigenvalue weighted by atomic mass is 10.0. The Labute approximate surface area is 139 Å². The first-order valence-electron chi connectivity index (χ1n) is 6.66. The molecule has 0 aliphatic heterocycles. The van der Waals surface area contributed by atoms with Crippen LogP contribution in [-0.4, -0.2) is 23.3 Å². The average molecular weight is 354 g/mol. The summed E-state index contributed by atoms with van der Waals surface area (Å²) in [5.41, 5.74) is 9.25. The number of nitrogens with zero attached hydrogens (tertiary/aromatic N) is 2.